The van der Waals surface area contributed by atoms with Crippen LogP contribution in [0.5, 0.6) is 11.5 Å². The lowest BCUT2D eigenvalue weighted by molar-refractivity contribution is -0.142. The number of carbonyl (C=O) groups is 2. The van der Waals surface area contributed by atoms with Crippen LogP contribution in [0.1, 0.15) is 25.3 Å². The summed E-state index contributed by atoms with van der Waals surface area (Å²) in [6.07, 6.45) is 1.95. The van der Waals surface area contributed by atoms with E-state index in [1.807, 2.05) is 24.3 Å². The molecule has 0 aromatic heterocycles. The SMILES string of the molecule is COc1ccc(CN(C(=O)COc2ccccc2Cl)[C@H](C)C(=O)NC[C@H]2CCCO2)cc1. The van der Waals surface area contributed by atoms with Crippen LogP contribution in [0, 0.1) is 0 Å². The molecule has 0 bridgehead atoms. The maximum absolute atomic E-state index is 13.1. The Labute approximate surface area is 193 Å². The maximum atomic E-state index is 13.1. The Kier molecular flexibility index (Phi) is 8.76. The van der Waals surface area contributed by atoms with Gasteiger partial charge in [0, 0.05) is 19.7 Å². The highest BCUT2D eigenvalue weighted by Gasteiger charge is 2.27. The third kappa shape index (κ3) is 6.61. The minimum Gasteiger partial charge on any atom is -0.497 e. The van der Waals surface area contributed by atoms with Crippen molar-refractivity contribution in [2.45, 2.75) is 38.5 Å². The summed E-state index contributed by atoms with van der Waals surface area (Å²) in [5, 5.41) is 3.33. The highest BCUT2D eigenvalue weighted by atomic mass is 35.5. The van der Waals surface area contributed by atoms with Gasteiger partial charge in [-0.05, 0) is 49.6 Å². The maximum Gasteiger partial charge on any atom is 0.261 e. The van der Waals surface area contributed by atoms with Crippen molar-refractivity contribution in [1.29, 1.82) is 0 Å². The van der Waals surface area contributed by atoms with Gasteiger partial charge in [-0.3, -0.25) is 9.59 Å². The number of hydrogen-bond acceptors (Lipinski definition) is 5. The lowest BCUT2D eigenvalue weighted by Crippen LogP contribution is -2.50. The molecule has 0 saturated carbocycles. The molecule has 172 valence electrons. The van der Waals surface area contributed by atoms with E-state index in [9.17, 15) is 9.59 Å². The first kappa shape index (κ1) is 23.9. The van der Waals surface area contributed by atoms with Gasteiger partial charge in [0.05, 0.1) is 18.2 Å². The molecule has 7 nitrogen and oxygen atoms in total. The second-order valence-electron chi connectivity index (χ2n) is 7.64. The van der Waals surface area contributed by atoms with E-state index in [-0.39, 0.29) is 31.1 Å². The van der Waals surface area contributed by atoms with Gasteiger partial charge >= 0.3 is 0 Å². The smallest absolute Gasteiger partial charge is 0.261 e. The molecular formula is C24H29ClN2O5. The highest BCUT2D eigenvalue weighted by Crippen LogP contribution is 2.23. The molecule has 0 radical (unpaired) electrons. The largest absolute Gasteiger partial charge is 0.497 e. The summed E-state index contributed by atoms with van der Waals surface area (Å²) in [7, 11) is 1.59. The van der Waals surface area contributed by atoms with Crippen LogP contribution < -0.4 is 14.8 Å². The number of hydrogen-bond donors (Lipinski definition) is 1. The van der Waals surface area contributed by atoms with Gasteiger partial charge < -0.3 is 24.4 Å². The molecule has 0 unspecified atom stereocenters. The Hall–Kier alpha value is -2.77. The van der Waals surface area contributed by atoms with E-state index in [1.54, 1.807) is 38.3 Å². The first-order valence-corrected chi connectivity index (χ1v) is 11.0. The minimum absolute atomic E-state index is 0.0282. The molecule has 1 fully saturated rings. The van der Waals surface area contributed by atoms with Crippen molar-refractivity contribution in [1.82, 2.24) is 10.2 Å². The average Bonchev–Trinajstić information content (AvgIpc) is 3.34. The number of ether oxygens (including phenoxy) is 3. The Morgan fingerprint density at radius 2 is 1.97 bits per heavy atom. The zero-order chi connectivity index (χ0) is 22.9. The van der Waals surface area contributed by atoms with Crippen molar-refractivity contribution in [3.63, 3.8) is 0 Å². The normalized spacial score (nSPS) is 16.3. The topological polar surface area (TPSA) is 77.1 Å². The molecule has 1 aliphatic heterocycles. The van der Waals surface area contributed by atoms with Crippen LogP contribution in [-0.2, 0) is 20.9 Å². The summed E-state index contributed by atoms with van der Waals surface area (Å²) < 4.78 is 16.4. The molecule has 8 heteroatoms. The fraction of sp³-hybridized carbons (Fsp3) is 0.417. The van der Waals surface area contributed by atoms with E-state index < -0.39 is 6.04 Å². The van der Waals surface area contributed by atoms with Crippen LogP contribution in [0.15, 0.2) is 48.5 Å². The van der Waals surface area contributed by atoms with Gasteiger partial charge in [0.2, 0.25) is 5.91 Å². The van der Waals surface area contributed by atoms with Gasteiger partial charge in [-0.1, -0.05) is 35.9 Å². The highest BCUT2D eigenvalue weighted by molar-refractivity contribution is 6.32. The number of para-hydroxylation sites is 1. The molecule has 0 spiro atoms. The number of benzene rings is 2. The zero-order valence-electron chi connectivity index (χ0n) is 18.4. The van der Waals surface area contributed by atoms with Gasteiger partial charge in [-0.15, -0.1) is 0 Å². The molecule has 1 saturated heterocycles. The Morgan fingerprint density at radius 1 is 1.22 bits per heavy atom. The molecule has 32 heavy (non-hydrogen) atoms. The fourth-order valence-corrected chi connectivity index (χ4v) is 3.65. The zero-order valence-corrected chi connectivity index (χ0v) is 19.1. The van der Waals surface area contributed by atoms with E-state index in [4.69, 9.17) is 25.8 Å². The summed E-state index contributed by atoms with van der Waals surface area (Å²) in [6, 6.07) is 13.6. The first-order chi connectivity index (χ1) is 15.5. The van der Waals surface area contributed by atoms with Crippen molar-refractivity contribution in [3.05, 3.63) is 59.1 Å². The summed E-state index contributed by atoms with van der Waals surface area (Å²) in [5.74, 6) is 0.582. The molecule has 3 rings (SSSR count). The van der Waals surface area contributed by atoms with Crippen molar-refractivity contribution in [2.24, 2.45) is 0 Å². The third-order valence-electron chi connectivity index (χ3n) is 5.40. The number of rotatable bonds is 10. The predicted molar refractivity (Wildman–Crippen MR) is 122 cm³/mol. The van der Waals surface area contributed by atoms with Gasteiger partial charge in [-0.2, -0.15) is 0 Å². The lowest BCUT2D eigenvalue weighted by atomic mass is 10.1. The number of halogens is 1. The average molecular weight is 461 g/mol. The standard InChI is InChI=1S/C24H29ClN2O5/c1-17(24(29)26-14-20-6-5-13-31-20)27(15-18-9-11-19(30-2)12-10-18)23(28)16-32-22-8-4-3-7-21(22)25/h3-4,7-12,17,20H,5-6,13-16H2,1-2H3,(H,26,29)/t17-,20-/m1/s1. The van der Waals surface area contributed by atoms with E-state index in [1.165, 1.54) is 4.90 Å². The number of nitrogens with zero attached hydrogens (tertiary/aromatic N) is 1. The van der Waals surface area contributed by atoms with Crippen LogP contribution in [-0.4, -0.2) is 55.7 Å². The van der Waals surface area contributed by atoms with E-state index >= 15 is 0 Å². The van der Waals surface area contributed by atoms with Crippen molar-refractivity contribution in [3.8, 4) is 11.5 Å². The molecule has 0 aliphatic carbocycles. The van der Waals surface area contributed by atoms with Gasteiger partial charge in [0.1, 0.15) is 17.5 Å². The molecule has 2 amide bonds. The van der Waals surface area contributed by atoms with E-state index in [0.29, 0.717) is 17.3 Å². The van der Waals surface area contributed by atoms with E-state index in [0.717, 1.165) is 30.8 Å². The Morgan fingerprint density at radius 3 is 2.62 bits per heavy atom. The minimum atomic E-state index is -0.694. The molecule has 2 aromatic rings. The second kappa shape index (κ2) is 11.7. The Balaban J connectivity index is 1.68. The predicted octanol–water partition coefficient (Wildman–Crippen LogP) is 3.44. The quantitative estimate of drug-likeness (QED) is 0.587. The number of amides is 2. The van der Waals surface area contributed by atoms with Crippen molar-refractivity contribution >= 4 is 23.4 Å². The lowest BCUT2D eigenvalue weighted by Gasteiger charge is -2.29. The number of methoxy groups -OCH3 is 1. The van der Waals surface area contributed by atoms with Crippen LogP contribution in [0.4, 0.5) is 0 Å². The van der Waals surface area contributed by atoms with Gasteiger partial charge in [0.25, 0.3) is 5.91 Å². The molecular weight excluding hydrogens is 432 g/mol. The summed E-state index contributed by atoms with van der Waals surface area (Å²) in [5.41, 5.74) is 0.871. The van der Waals surface area contributed by atoms with E-state index in [2.05, 4.69) is 5.32 Å². The molecule has 1 heterocycles. The van der Waals surface area contributed by atoms with Crippen molar-refractivity contribution < 1.29 is 23.8 Å². The molecule has 2 aromatic carbocycles. The van der Waals surface area contributed by atoms with Crippen LogP contribution in [0.25, 0.3) is 0 Å². The number of nitrogens with one attached hydrogen (secondary N) is 1. The summed E-state index contributed by atoms with van der Waals surface area (Å²) in [6.45, 7) is 2.88. The van der Waals surface area contributed by atoms with Crippen LogP contribution in [0.3, 0.4) is 0 Å². The summed E-state index contributed by atoms with van der Waals surface area (Å²) in [4.78, 5) is 27.4. The van der Waals surface area contributed by atoms with Gasteiger partial charge in [-0.25, -0.2) is 0 Å². The molecule has 1 aliphatic rings. The third-order valence-corrected chi connectivity index (χ3v) is 5.71. The van der Waals surface area contributed by atoms with Crippen molar-refractivity contribution in [2.75, 3.05) is 26.9 Å². The van der Waals surface area contributed by atoms with Gasteiger partial charge in [0.15, 0.2) is 6.61 Å². The second-order valence-corrected chi connectivity index (χ2v) is 8.05. The first-order valence-electron chi connectivity index (χ1n) is 10.7. The summed E-state index contributed by atoms with van der Waals surface area (Å²) >= 11 is 6.12. The Bertz CT molecular complexity index is 900. The fourth-order valence-electron chi connectivity index (χ4n) is 3.46. The molecule has 1 N–H and O–H groups in total. The monoisotopic (exact) mass is 460 g/mol. The van der Waals surface area contributed by atoms with Crippen LogP contribution in [0.2, 0.25) is 5.02 Å². The van der Waals surface area contributed by atoms with Crippen LogP contribution >= 0.6 is 11.6 Å². The molecule has 2 atom stereocenters. The number of carbonyl (C=O) groups excluding carboxylic acids is 2.